The number of nitrogens with one attached hydrogen (secondary N) is 1. The van der Waals surface area contributed by atoms with Crippen molar-refractivity contribution >= 4 is 34.7 Å². The van der Waals surface area contributed by atoms with Crippen LogP contribution < -0.4 is 5.32 Å². The van der Waals surface area contributed by atoms with Gasteiger partial charge in [-0.15, -0.1) is 0 Å². The maximum atomic E-state index is 12.8. The monoisotopic (exact) mass is 375 g/mol. The predicted molar refractivity (Wildman–Crippen MR) is 103 cm³/mol. The lowest BCUT2D eigenvalue weighted by atomic mass is 9.81. The van der Waals surface area contributed by atoms with Crippen LogP contribution in [0.15, 0.2) is 24.3 Å². The van der Waals surface area contributed by atoms with Gasteiger partial charge in [-0.1, -0.05) is 31.4 Å². The van der Waals surface area contributed by atoms with Crippen molar-refractivity contribution in [1.82, 2.24) is 14.9 Å². The first-order valence-electron chi connectivity index (χ1n) is 8.92. The van der Waals surface area contributed by atoms with Gasteiger partial charge in [0, 0.05) is 0 Å². The highest BCUT2D eigenvalue weighted by molar-refractivity contribution is 7.97. The molecule has 1 aliphatic rings. The second-order valence-corrected chi connectivity index (χ2v) is 7.58. The molecule has 1 fully saturated rings. The third-order valence-electron chi connectivity index (χ3n) is 4.97. The molecule has 0 aliphatic heterocycles. The number of rotatable bonds is 6. The van der Waals surface area contributed by atoms with Crippen LogP contribution in [0.5, 0.6) is 0 Å². The second-order valence-electron chi connectivity index (χ2n) is 6.72. The number of amides is 1. The number of thioether (sulfide) groups is 1. The van der Waals surface area contributed by atoms with Gasteiger partial charge in [-0.2, -0.15) is 11.8 Å². The smallest absolute Gasteiger partial charge is 0.331 e. The lowest BCUT2D eigenvalue weighted by Crippen LogP contribution is -2.56. The maximum Gasteiger partial charge on any atom is 0.331 e. The van der Waals surface area contributed by atoms with Crippen LogP contribution in [0, 0.1) is 0 Å². The number of aromatic nitrogens is 2. The Morgan fingerprint density at radius 3 is 2.69 bits per heavy atom. The molecule has 26 heavy (non-hydrogen) atoms. The number of para-hydroxylation sites is 2. The van der Waals surface area contributed by atoms with E-state index in [0.717, 1.165) is 41.9 Å². The first kappa shape index (κ1) is 18.8. The summed E-state index contributed by atoms with van der Waals surface area (Å²) in [6.07, 6.45) is 6.19. The largest absolute Gasteiger partial charge is 0.467 e. The molecule has 0 spiro atoms. The van der Waals surface area contributed by atoms with Crippen molar-refractivity contribution in [3.8, 4) is 0 Å². The summed E-state index contributed by atoms with van der Waals surface area (Å²) in [5.74, 6) is 1.07. The second kappa shape index (κ2) is 8.12. The van der Waals surface area contributed by atoms with Crippen LogP contribution in [-0.4, -0.2) is 40.3 Å². The van der Waals surface area contributed by atoms with E-state index in [1.165, 1.54) is 7.11 Å². The van der Waals surface area contributed by atoms with Crippen molar-refractivity contribution in [2.24, 2.45) is 0 Å². The molecule has 1 amide bonds. The SMILES string of the molecule is COC(=O)C1(NC(=O)Cn2c(CSC)nc3ccccc32)CCCCC1. The molecule has 140 valence electrons. The number of nitrogens with zero attached hydrogens (tertiary/aromatic N) is 2. The Labute approximate surface area is 157 Å². The van der Waals surface area contributed by atoms with Gasteiger partial charge in [-0.25, -0.2) is 9.78 Å². The molecule has 1 aliphatic carbocycles. The number of methoxy groups -OCH3 is 1. The number of hydrogen-bond acceptors (Lipinski definition) is 5. The summed E-state index contributed by atoms with van der Waals surface area (Å²) in [4.78, 5) is 29.8. The summed E-state index contributed by atoms with van der Waals surface area (Å²) < 4.78 is 6.93. The number of hydrogen-bond donors (Lipinski definition) is 1. The van der Waals surface area contributed by atoms with Gasteiger partial charge >= 0.3 is 5.97 Å². The summed E-state index contributed by atoms with van der Waals surface area (Å²) in [5.41, 5.74) is 0.923. The summed E-state index contributed by atoms with van der Waals surface area (Å²) in [6.45, 7) is 0.148. The van der Waals surface area contributed by atoms with Crippen molar-refractivity contribution in [1.29, 1.82) is 0 Å². The van der Waals surface area contributed by atoms with E-state index in [1.54, 1.807) is 11.8 Å². The van der Waals surface area contributed by atoms with Crippen LogP contribution in [0.3, 0.4) is 0 Å². The average Bonchev–Trinajstić information content (AvgIpc) is 2.99. The van der Waals surface area contributed by atoms with Gasteiger partial charge in [0.15, 0.2) is 0 Å². The highest BCUT2D eigenvalue weighted by Gasteiger charge is 2.42. The molecule has 1 aromatic carbocycles. The zero-order valence-corrected chi connectivity index (χ0v) is 16.1. The Morgan fingerprint density at radius 2 is 2.00 bits per heavy atom. The molecule has 1 aromatic heterocycles. The number of carbonyl (C=O) groups is 2. The third kappa shape index (κ3) is 3.72. The quantitative estimate of drug-likeness (QED) is 0.786. The molecule has 6 nitrogen and oxygen atoms in total. The van der Waals surface area contributed by atoms with Gasteiger partial charge in [-0.05, 0) is 31.2 Å². The molecule has 7 heteroatoms. The van der Waals surface area contributed by atoms with Crippen LogP contribution in [0.4, 0.5) is 0 Å². The molecular weight excluding hydrogens is 350 g/mol. The van der Waals surface area contributed by atoms with E-state index in [9.17, 15) is 9.59 Å². The summed E-state index contributed by atoms with van der Waals surface area (Å²) in [7, 11) is 1.38. The zero-order valence-electron chi connectivity index (χ0n) is 15.3. The number of carbonyl (C=O) groups excluding carboxylic acids is 2. The van der Waals surface area contributed by atoms with Crippen LogP contribution in [-0.2, 0) is 26.6 Å². The van der Waals surface area contributed by atoms with Crippen molar-refractivity contribution in [3.63, 3.8) is 0 Å². The standard InChI is InChI=1S/C19H25N3O3S/c1-25-18(24)19(10-6-3-7-11-19)21-17(23)12-22-15-9-5-4-8-14(15)20-16(22)13-26-2/h4-5,8-9H,3,6-7,10-13H2,1-2H3,(H,21,23). The van der Waals surface area contributed by atoms with Gasteiger partial charge < -0.3 is 14.6 Å². The van der Waals surface area contributed by atoms with Gasteiger partial charge in [0.2, 0.25) is 5.91 Å². The first-order chi connectivity index (χ1) is 12.6. The van der Waals surface area contributed by atoms with Crippen LogP contribution in [0.2, 0.25) is 0 Å². The normalized spacial score (nSPS) is 16.4. The molecule has 0 saturated heterocycles. The lowest BCUT2D eigenvalue weighted by molar-refractivity contribution is -0.152. The van der Waals surface area contributed by atoms with E-state index >= 15 is 0 Å². The number of esters is 1. The van der Waals surface area contributed by atoms with E-state index in [4.69, 9.17) is 4.74 Å². The molecule has 0 unspecified atom stereocenters. The number of ether oxygens (including phenoxy) is 1. The van der Waals surface area contributed by atoms with Crippen molar-refractivity contribution in [2.75, 3.05) is 13.4 Å². The zero-order chi connectivity index (χ0) is 18.6. The van der Waals surface area contributed by atoms with E-state index < -0.39 is 5.54 Å². The summed E-state index contributed by atoms with van der Waals surface area (Å²) in [5, 5.41) is 2.99. The Morgan fingerprint density at radius 1 is 1.27 bits per heavy atom. The van der Waals surface area contributed by atoms with Gasteiger partial charge in [0.1, 0.15) is 17.9 Å². The van der Waals surface area contributed by atoms with E-state index in [0.29, 0.717) is 12.8 Å². The minimum Gasteiger partial charge on any atom is -0.467 e. The highest BCUT2D eigenvalue weighted by atomic mass is 32.2. The molecule has 1 heterocycles. The Bertz CT molecular complexity index is 796. The van der Waals surface area contributed by atoms with Gasteiger partial charge in [0.25, 0.3) is 0 Å². The topological polar surface area (TPSA) is 73.2 Å². The lowest BCUT2D eigenvalue weighted by Gasteiger charge is -2.35. The fourth-order valence-corrected chi connectivity index (χ4v) is 4.20. The van der Waals surface area contributed by atoms with Crippen LogP contribution >= 0.6 is 11.8 Å². The predicted octanol–water partition coefficient (Wildman–Crippen LogP) is 2.89. The molecule has 1 N–H and O–H groups in total. The maximum absolute atomic E-state index is 12.8. The molecule has 0 atom stereocenters. The Hall–Kier alpha value is -2.02. The first-order valence-corrected chi connectivity index (χ1v) is 10.3. The van der Waals surface area contributed by atoms with Crippen LogP contribution in [0.25, 0.3) is 11.0 Å². The number of fused-ring (bicyclic) bond motifs is 1. The number of imidazole rings is 1. The van der Waals surface area contributed by atoms with Crippen molar-refractivity contribution in [3.05, 3.63) is 30.1 Å². The summed E-state index contributed by atoms with van der Waals surface area (Å²) in [6, 6.07) is 7.80. The molecule has 2 aromatic rings. The van der Waals surface area contributed by atoms with Gasteiger partial charge in [-0.3, -0.25) is 4.79 Å². The molecular formula is C19H25N3O3S. The van der Waals surface area contributed by atoms with Crippen LogP contribution in [0.1, 0.15) is 37.9 Å². The molecule has 1 saturated carbocycles. The van der Waals surface area contributed by atoms with Crippen molar-refractivity contribution < 1.29 is 14.3 Å². The molecule has 3 rings (SSSR count). The highest BCUT2D eigenvalue weighted by Crippen LogP contribution is 2.29. The van der Waals surface area contributed by atoms with E-state index in [2.05, 4.69) is 10.3 Å². The minimum absolute atomic E-state index is 0.148. The Kier molecular flexibility index (Phi) is 5.86. The Balaban J connectivity index is 1.84. The van der Waals surface area contributed by atoms with E-state index in [-0.39, 0.29) is 18.4 Å². The van der Waals surface area contributed by atoms with E-state index in [1.807, 2.05) is 35.1 Å². The third-order valence-corrected chi connectivity index (χ3v) is 5.52. The average molecular weight is 375 g/mol. The van der Waals surface area contributed by atoms with Gasteiger partial charge in [0.05, 0.1) is 23.9 Å². The van der Waals surface area contributed by atoms with Crippen molar-refractivity contribution in [2.45, 2.75) is 49.9 Å². The molecule has 0 radical (unpaired) electrons. The minimum atomic E-state index is -0.889. The fraction of sp³-hybridized carbons (Fsp3) is 0.526. The summed E-state index contributed by atoms with van der Waals surface area (Å²) >= 11 is 1.67. The fourth-order valence-electron chi connectivity index (χ4n) is 3.72. The molecule has 0 bridgehead atoms. The number of benzene rings is 1.